The second-order valence-corrected chi connectivity index (χ2v) is 20.8. The van der Waals surface area contributed by atoms with Crippen molar-refractivity contribution in [1.29, 1.82) is 0 Å². The van der Waals surface area contributed by atoms with Crippen LogP contribution in [0.15, 0.2) is 235 Å². The van der Waals surface area contributed by atoms with Crippen molar-refractivity contribution in [2.75, 3.05) is 4.90 Å². The van der Waals surface area contributed by atoms with Crippen molar-refractivity contribution in [3.8, 4) is 44.5 Å². The zero-order chi connectivity index (χ0) is 47.4. The van der Waals surface area contributed by atoms with E-state index in [9.17, 15) is 0 Å². The first-order valence-corrected chi connectivity index (χ1v) is 24.7. The van der Waals surface area contributed by atoms with Crippen LogP contribution in [-0.4, -0.2) is 0 Å². The van der Waals surface area contributed by atoms with Gasteiger partial charge in [-0.3, -0.25) is 0 Å². The lowest BCUT2D eigenvalue weighted by Crippen LogP contribution is -2.28. The lowest BCUT2D eigenvalue weighted by atomic mass is 9.67. The van der Waals surface area contributed by atoms with Gasteiger partial charge in [0.05, 0.1) is 11.1 Å². The van der Waals surface area contributed by atoms with Crippen LogP contribution in [0.4, 0.5) is 17.1 Å². The van der Waals surface area contributed by atoms with Gasteiger partial charge in [-0.1, -0.05) is 223 Å². The molecule has 0 spiro atoms. The number of rotatable bonds is 7. The lowest BCUT2D eigenvalue weighted by Gasteiger charge is -2.35. The first-order valence-electron chi connectivity index (χ1n) is 24.7. The number of hydrogen-bond donors (Lipinski definition) is 0. The molecule has 336 valence electrons. The summed E-state index contributed by atoms with van der Waals surface area (Å²) in [5.41, 5.74) is 23.5. The number of para-hydroxylation sites is 2. The van der Waals surface area contributed by atoms with Crippen molar-refractivity contribution in [2.24, 2.45) is 0 Å². The van der Waals surface area contributed by atoms with Gasteiger partial charge in [0.15, 0.2) is 0 Å². The first kappa shape index (κ1) is 41.9. The summed E-state index contributed by atoms with van der Waals surface area (Å²) in [6, 6.07) is 85.6. The summed E-state index contributed by atoms with van der Waals surface area (Å²) in [6.07, 6.45) is 0. The van der Waals surface area contributed by atoms with E-state index in [1.54, 1.807) is 0 Å². The quantitative estimate of drug-likeness (QED) is 0.158. The molecular formula is C68H53NO. The van der Waals surface area contributed by atoms with E-state index in [0.717, 1.165) is 50.1 Å². The average Bonchev–Trinajstić information content (AvgIpc) is 4.01. The van der Waals surface area contributed by atoms with Gasteiger partial charge < -0.3 is 9.32 Å². The van der Waals surface area contributed by atoms with Crippen molar-refractivity contribution in [3.05, 3.63) is 269 Å². The van der Waals surface area contributed by atoms with Crippen LogP contribution < -0.4 is 4.90 Å². The second-order valence-electron chi connectivity index (χ2n) is 20.8. The Bertz CT molecular complexity index is 3790. The number of fused-ring (bicyclic) bond motifs is 9. The van der Waals surface area contributed by atoms with Gasteiger partial charge in [0.2, 0.25) is 0 Å². The molecule has 2 heteroatoms. The molecule has 2 nitrogen and oxygen atoms in total. The minimum atomic E-state index is -0.549. The van der Waals surface area contributed by atoms with E-state index >= 15 is 0 Å². The molecule has 0 bridgehead atoms. The Hall–Kier alpha value is -8.20. The molecule has 1 heterocycles. The summed E-state index contributed by atoms with van der Waals surface area (Å²) in [4.78, 5) is 2.50. The first-order chi connectivity index (χ1) is 34.1. The Morgan fingerprint density at radius 1 is 0.400 bits per heavy atom. The molecule has 70 heavy (non-hydrogen) atoms. The summed E-state index contributed by atoms with van der Waals surface area (Å²) in [5, 5.41) is 2.27. The fourth-order valence-electron chi connectivity index (χ4n) is 12.2. The molecule has 0 aliphatic heterocycles. The van der Waals surface area contributed by atoms with Gasteiger partial charge in [-0.05, 0) is 126 Å². The predicted molar refractivity (Wildman–Crippen MR) is 293 cm³/mol. The molecule has 11 aromatic rings. The maximum Gasteiger partial charge on any atom is 0.136 e. The largest absolute Gasteiger partial charge is 0.456 e. The monoisotopic (exact) mass is 899 g/mol. The van der Waals surface area contributed by atoms with Crippen LogP contribution in [-0.2, 0) is 16.2 Å². The summed E-state index contributed by atoms with van der Waals surface area (Å²) in [5.74, 6) is 0. The highest BCUT2D eigenvalue weighted by atomic mass is 16.3. The Morgan fingerprint density at radius 2 is 0.971 bits per heavy atom. The van der Waals surface area contributed by atoms with E-state index in [1.165, 1.54) is 72.3 Å². The maximum atomic E-state index is 6.37. The van der Waals surface area contributed by atoms with Gasteiger partial charge in [0.25, 0.3) is 0 Å². The van der Waals surface area contributed by atoms with E-state index in [0.29, 0.717) is 0 Å². The van der Waals surface area contributed by atoms with Crippen LogP contribution >= 0.6 is 0 Å². The van der Waals surface area contributed by atoms with Crippen LogP contribution in [0, 0.1) is 0 Å². The van der Waals surface area contributed by atoms with Crippen LogP contribution in [0.3, 0.4) is 0 Å². The zero-order valence-corrected chi connectivity index (χ0v) is 40.3. The van der Waals surface area contributed by atoms with Crippen molar-refractivity contribution in [1.82, 2.24) is 0 Å². The standard InChI is InChI=1S/C68H53NO/c1-66(2,3)47-36-40-55-59(42-47)67(4,5)58-30-18-28-54(64(55)58)53-25-13-16-31-61(53)69(48-37-34-44(35-38-48)50-27-19-33-63-65(50)56-26-14-17-32-62(56)70-63)49-39-41-52-51-24-12-15-29-57(51)68(60(52)43-49,45-20-8-6-9-21-45)46-22-10-7-11-23-46/h6-43H,1-5H3. The van der Waals surface area contributed by atoms with Gasteiger partial charge in [0, 0.05) is 33.1 Å². The highest BCUT2D eigenvalue weighted by molar-refractivity contribution is 6.12. The normalized spacial score (nSPS) is 14.0. The van der Waals surface area contributed by atoms with Gasteiger partial charge >= 0.3 is 0 Å². The van der Waals surface area contributed by atoms with Crippen molar-refractivity contribution < 1.29 is 4.42 Å². The molecule has 0 amide bonds. The molecular weight excluding hydrogens is 847 g/mol. The SMILES string of the molecule is CC(C)(C)c1ccc2c(c1)C(C)(C)c1cccc(-c3ccccc3N(c3ccc(-c4cccc5oc6ccccc6c45)cc3)c3ccc4c(c3)C(c3ccccc3)(c3ccccc3)c3ccccc3-4)c1-2. The molecule has 0 saturated carbocycles. The third-order valence-corrected chi connectivity index (χ3v) is 15.5. The fourth-order valence-corrected chi connectivity index (χ4v) is 12.2. The third-order valence-electron chi connectivity index (χ3n) is 15.5. The van der Waals surface area contributed by atoms with Gasteiger partial charge in [-0.15, -0.1) is 0 Å². The van der Waals surface area contributed by atoms with Crippen LogP contribution in [0.1, 0.15) is 73.6 Å². The van der Waals surface area contributed by atoms with E-state index in [4.69, 9.17) is 4.42 Å². The molecule has 2 aliphatic carbocycles. The third kappa shape index (κ3) is 6.19. The number of furan rings is 1. The van der Waals surface area contributed by atoms with Gasteiger partial charge in [0.1, 0.15) is 11.2 Å². The van der Waals surface area contributed by atoms with E-state index in [-0.39, 0.29) is 10.8 Å². The number of benzene rings is 10. The van der Waals surface area contributed by atoms with E-state index in [1.807, 2.05) is 6.07 Å². The molecule has 10 aromatic carbocycles. The molecule has 0 fully saturated rings. The summed E-state index contributed by atoms with van der Waals surface area (Å²) in [6.45, 7) is 11.7. The number of anilines is 3. The molecule has 2 aliphatic rings. The molecule has 1 aromatic heterocycles. The Balaban J connectivity index is 1.05. The van der Waals surface area contributed by atoms with E-state index in [2.05, 4.69) is 264 Å². The van der Waals surface area contributed by atoms with Crippen molar-refractivity contribution in [2.45, 2.75) is 50.9 Å². The molecule has 0 unspecified atom stereocenters. The molecule has 0 atom stereocenters. The Kier molecular flexibility index (Phi) is 9.39. The Labute approximate surface area is 411 Å². The molecule has 0 N–H and O–H groups in total. The maximum absolute atomic E-state index is 6.37. The summed E-state index contributed by atoms with van der Waals surface area (Å²) in [7, 11) is 0. The predicted octanol–water partition coefficient (Wildman–Crippen LogP) is 18.4. The second kappa shape index (κ2) is 15.7. The van der Waals surface area contributed by atoms with Crippen LogP contribution in [0.2, 0.25) is 0 Å². The topological polar surface area (TPSA) is 16.4 Å². The highest BCUT2D eigenvalue weighted by Crippen LogP contribution is 2.59. The van der Waals surface area contributed by atoms with Crippen LogP contribution in [0.25, 0.3) is 66.4 Å². The average molecular weight is 900 g/mol. The van der Waals surface area contributed by atoms with Crippen molar-refractivity contribution in [3.63, 3.8) is 0 Å². The molecule has 13 rings (SSSR count). The van der Waals surface area contributed by atoms with Crippen LogP contribution in [0.5, 0.6) is 0 Å². The smallest absolute Gasteiger partial charge is 0.136 e. The minimum absolute atomic E-state index is 0.0417. The van der Waals surface area contributed by atoms with Gasteiger partial charge in [-0.2, -0.15) is 0 Å². The Morgan fingerprint density at radius 3 is 1.73 bits per heavy atom. The van der Waals surface area contributed by atoms with Gasteiger partial charge in [-0.25, -0.2) is 0 Å². The number of hydrogen-bond acceptors (Lipinski definition) is 2. The fraction of sp³-hybridized carbons (Fsp3) is 0.118. The molecule has 0 saturated heterocycles. The zero-order valence-electron chi connectivity index (χ0n) is 40.3. The summed E-state index contributed by atoms with van der Waals surface area (Å²) < 4.78 is 6.37. The number of nitrogens with zero attached hydrogens (tertiary/aromatic N) is 1. The highest BCUT2D eigenvalue weighted by Gasteiger charge is 2.46. The van der Waals surface area contributed by atoms with E-state index < -0.39 is 5.41 Å². The lowest BCUT2D eigenvalue weighted by molar-refractivity contribution is 0.584. The molecule has 0 radical (unpaired) electrons. The summed E-state index contributed by atoms with van der Waals surface area (Å²) >= 11 is 0. The van der Waals surface area contributed by atoms with Crippen molar-refractivity contribution >= 4 is 39.0 Å². The minimum Gasteiger partial charge on any atom is -0.456 e.